The molecule has 1 aromatic heterocycles. The number of benzene rings is 1. The molecule has 24 heavy (non-hydrogen) atoms. The van der Waals surface area contributed by atoms with Gasteiger partial charge >= 0.3 is 0 Å². The van der Waals surface area contributed by atoms with Crippen LogP contribution < -0.4 is 14.8 Å². The fourth-order valence-electron chi connectivity index (χ4n) is 2.22. The average molecular weight is 347 g/mol. The van der Waals surface area contributed by atoms with Crippen molar-refractivity contribution in [2.24, 2.45) is 0 Å². The maximum Gasteiger partial charge on any atom is 0.259 e. The van der Waals surface area contributed by atoms with Crippen LogP contribution in [0.4, 0.5) is 5.69 Å². The Bertz CT molecular complexity index is 722. The van der Waals surface area contributed by atoms with E-state index in [-0.39, 0.29) is 5.91 Å². The molecule has 6 nitrogen and oxygen atoms in total. The van der Waals surface area contributed by atoms with Crippen LogP contribution in [0, 0.1) is 0 Å². The standard InChI is InChI=1S/C17H21N3O3S/c1-5-6-13-12(10-18-17(20-13)24-4)16(21)19-14-9-11(22-2)7-8-15(14)23-3/h7-10H,5-6H2,1-4H3,(H,19,21). The highest BCUT2D eigenvalue weighted by Gasteiger charge is 2.16. The maximum absolute atomic E-state index is 12.7. The molecule has 0 saturated carbocycles. The van der Waals surface area contributed by atoms with Gasteiger partial charge in [0.05, 0.1) is 31.2 Å². The van der Waals surface area contributed by atoms with Gasteiger partial charge in [0.25, 0.3) is 5.91 Å². The molecular weight excluding hydrogens is 326 g/mol. The van der Waals surface area contributed by atoms with Crippen molar-refractivity contribution in [3.05, 3.63) is 35.7 Å². The Morgan fingerprint density at radius 1 is 1.29 bits per heavy atom. The highest BCUT2D eigenvalue weighted by Crippen LogP contribution is 2.29. The van der Waals surface area contributed by atoms with E-state index >= 15 is 0 Å². The molecular formula is C17H21N3O3S. The summed E-state index contributed by atoms with van der Waals surface area (Å²) >= 11 is 1.45. The van der Waals surface area contributed by atoms with Gasteiger partial charge in [-0.25, -0.2) is 9.97 Å². The number of aryl methyl sites for hydroxylation is 1. The van der Waals surface area contributed by atoms with Crippen molar-refractivity contribution in [2.45, 2.75) is 24.9 Å². The second-order valence-electron chi connectivity index (χ2n) is 4.99. The number of aromatic nitrogens is 2. The minimum absolute atomic E-state index is 0.266. The van der Waals surface area contributed by atoms with E-state index in [1.54, 1.807) is 38.6 Å². The molecule has 0 fully saturated rings. The first-order valence-corrected chi connectivity index (χ1v) is 8.78. The molecule has 2 rings (SSSR count). The molecule has 0 spiro atoms. The van der Waals surface area contributed by atoms with Gasteiger partial charge in [-0.2, -0.15) is 0 Å². The fraction of sp³-hybridized carbons (Fsp3) is 0.353. The summed E-state index contributed by atoms with van der Waals surface area (Å²) in [5.41, 5.74) is 1.76. The molecule has 0 aliphatic heterocycles. The number of anilines is 1. The summed E-state index contributed by atoms with van der Waals surface area (Å²) in [6.45, 7) is 2.05. The highest BCUT2D eigenvalue weighted by molar-refractivity contribution is 7.98. The molecule has 0 atom stereocenters. The first-order chi connectivity index (χ1) is 11.6. The summed E-state index contributed by atoms with van der Waals surface area (Å²) in [4.78, 5) is 21.4. The second kappa shape index (κ2) is 8.54. The topological polar surface area (TPSA) is 73.3 Å². The van der Waals surface area contributed by atoms with Gasteiger partial charge in [-0.1, -0.05) is 25.1 Å². The van der Waals surface area contributed by atoms with Gasteiger partial charge in [0.1, 0.15) is 11.5 Å². The first-order valence-electron chi connectivity index (χ1n) is 7.56. The minimum atomic E-state index is -0.266. The van der Waals surface area contributed by atoms with E-state index in [0.29, 0.717) is 34.3 Å². The van der Waals surface area contributed by atoms with Gasteiger partial charge in [-0.05, 0) is 24.8 Å². The molecule has 0 aliphatic rings. The van der Waals surface area contributed by atoms with Gasteiger partial charge in [0, 0.05) is 12.3 Å². The SMILES string of the molecule is CCCc1nc(SC)ncc1C(=O)Nc1cc(OC)ccc1OC. The lowest BCUT2D eigenvalue weighted by Gasteiger charge is -2.13. The number of ether oxygens (including phenoxy) is 2. The normalized spacial score (nSPS) is 10.3. The Morgan fingerprint density at radius 3 is 2.71 bits per heavy atom. The largest absolute Gasteiger partial charge is 0.497 e. The van der Waals surface area contributed by atoms with Crippen molar-refractivity contribution >= 4 is 23.4 Å². The third-order valence-corrected chi connectivity index (χ3v) is 3.98. The highest BCUT2D eigenvalue weighted by atomic mass is 32.2. The summed E-state index contributed by atoms with van der Waals surface area (Å²) in [6, 6.07) is 5.23. The van der Waals surface area contributed by atoms with Gasteiger partial charge in [-0.3, -0.25) is 4.79 Å². The number of amides is 1. The molecule has 1 heterocycles. The third-order valence-electron chi connectivity index (χ3n) is 3.41. The van der Waals surface area contributed by atoms with Gasteiger partial charge in [-0.15, -0.1) is 0 Å². The van der Waals surface area contributed by atoms with E-state index < -0.39 is 0 Å². The number of methoxy groups -OCH3 is 2. The smallest absolute Gasteiger partial charge is 0.259 e. The monoisotopic (exact) mass is 347 g/mol. The van der Waals surface area contributed by atoms with Crippen molar-refractivity contribution < 1.29 is 14.3 Å². The molecule has 0 unspecified atom stereocenters. The van der Waals surface area contributed by atoms with Crippen LogP contribution in [0.1, 0.15) is 29.4 Å². The number of rotatable bonds is 7. The third kappa shape index (κ3) is 4.17. The summed E-state index contributed by atoms with van der Waals surface area (Å²) in [6.07, 6.45) is 5.10. The lowest BCUT2D eigenvalue weighted by atomic mass is 10.1. The van der Waals surface area contributed by atoms with Gasteiger partial charge in [0.15, 0.2) is 5.16 Å². The minimum Gasteiger partial charge on any atom is -0.497 e. The number of thioether (sulfide) groups is 1. The van der Waals surface area contributed by atoms with Crippen molar-refractivity contribution in [1.29, 1.82) is 0 Å². The van der Waals surface area contributed by atoms with Crippen LogP contribution in [0.5, 0.6) is 11.5 Å². The molecule has 7 heteroatoms. The average Bonchev–Trinajstić information content (AvgIpc) is 2.61. The Kier molecular flexibility index (Phi) is 6.43. The summed E-state index contributed by atoms with van der Waals surface area (Å²) in [5.74, 6) is 0.925. The molecule has 2 aromatic rings. The first kappa shape index (κ1) is 18.1. The van der Waals surface area contributed by atoms with E-state index in [2.05, 4.69) is 15.3 Å². The number of hydrogen-bond acceptors (Lipinski definition) is 6. The number of carbonyl (C=O) groups is 1. The van der Waals surface area contributed by atoms with E-state index in [1.807, 2.05) is 13.2 Å². The lowest BCUT2D eigenvalue weighted by molar-refractivity contribution is 0.102. The molecule has 128 valence electrons. The Morgan fingerprint density at radius 2 is 2.08 bits per heavy atom. The molecule has 1 N–H and O–H groups in total. The van der Waals surface area contributed by atoms with E-state index in [1.165, 1.54) is 11.8 Å². The zero-order valence-electron chi connectivity index (χ0n) is 14.3. The molecule has 0 saturated heterocycles. The van der Waals surface area contributed by atoms with Crippen LogP contribution in [-0.2, 0) is 6.42 Å². The zero-order chi connectivity index (χ0) is 17.5. The molecule has 1 aromatic carbocycles. The number of nitrogens with zero attached hydrogens (tertiary/aromatic N) is 2. The molecule has 0 bridgehead atoms. The van der Waals surface area contributed by atoms with Gasteiger partial charge < -0.3 is 14.8 Å². The predicted octanol–water partition coefficient (Wildman–Crippen LogP) is 3.42. The van der Waals surface area contributed by atoms with E-state index in [9.17, 15) is 4.79 Å². The van der Waals surface area contributed by atoms with Gasteiger partial charge in [0.2, 0.25) is 0 Å². The van der Waals surface area contributed by atoms with Crippen LogP contribution in [-0.4, -0.2) is 36.4 Å². The Labute approximate surface area is 146 Å². The van der Waals surface area contributed by atoms with Crippen LogP contribution in [0.2, 0.25) is 0 Å². The molecule has 1 amide bonds. The zero-order valence-corrected chi connectivity index (χ0v) is 15.1. The molecule has 0 aliphatic carbocycles. The number of hydrogen-bond donors (Lipinski definition) is 1. The summed E-state index contributed by atoms with van der Waals surface area (Å²) in [7, 11) is 3.12. The van der Waals surface area contributed by atoms with Crippen LogP contribution in [0.15, 0.2) is 29.6 Å². The maximum atomic E-state index is 12.7. The fourth-order valence-corrected chi connectivity index (χ4v) is 2.58. The van der Waals surface area contributed by atoms with Crippen LogP contribution in [0.25, 0.3) is 0 Å². The predicted molar refractivity (Wildman–Crippen MR) is 95.3 cm³/mol. The van der Waals surface area contributed by atoms with Crippen molar-refractivity contribution in [2.75, 3.05) is 25.8 Å². The van der Waals surface area contributed by atoms with E-state index in [0.717, 1.165) is 12.1 Å². The lowest BCUT2D eigenvalue weighted by Crippen LogP contribution is -2.17. The van der Waals surface area contributed by atoms with E-state index in [4.69, 9.17) is 9.47 Å². The Hall–Kier alpha value is -2.28. The van der Waals surface area contributed by atoms with Crippen LogP contribution >= 0.6 is 11.8 Å². The van der Waals surface area contributed by atoms with Crippen molar-refractivity contribution in [3.63, 3.8) is 0 Å². The number of nitrogens with one attached hydrogen (secondary N) is 1. The number of carbonyl (C=O) groups excluding carboxylic acids is 1. The van der Waals surface area contributed by atoms with Crippen molar-refractivity contribution in [3.8, 4) is 11.5 Å². The quantitative estimate of drug-likeness (QED) is 0.611. The summed E-state index contributed by atoms with van der Waals surface area (Å²) in [5, 5.41) is 3.52. The molecule has 0 radical (unpaired) electrons. The summed E-state index contributed by atoms with van der Waals surface area (Å²) < 4.78 is 10.5. The van der Waals surface area contributed by atoms with Crippen LogP contribution in [0.3, 0.4) is 0 Å². The Balaban J connectivity index is 2.33. The second-order valence-corrected chi connectivity index (χ2v) is 5.76. The van der Waals surface area contributed by atoms with Crippen molar-refractivity contribution in [1.82, 2.24) is 9.97 Å².